The number of thiol groups is 1. The molecule has 0 aliphatic carbocycles. The number of aromatic hydroxyl groups is 1. The van der Waals surface area contributed by atoms with Gasteiger partial charge in [0.05, 0.1) is 0 Å². The van der Waals surface area contributed by atoms with Crippen LogP contribution in [-0.4, -0.2) is 17.4 Å². The molecule has 0 saturated heterocycles. The van der Waals surface area contributed by atoms with Gasteiger partial charge in [0, 0.05) is 24.4 Å². The summed E-state index contributed by atoms with van der Waals surface area (Å²) in [6.45, 7) is 1.56. The van der Waals surface area contributed by atoms with Crippen LogP contribution in [0.5, 0.6) is 5.75 Å². The van der Waals surface area contributed by atoms with Gasteiger partial charge in [-0.25, -0.2) is 0 Å². The molecule has 0 spiro atoms. The van der Waals surface area contributed by atoms with Crippen molar-refractivity contribution >= 4 is 12.6 Å². The second kappa shape index (κ2) is 5.06. The zero-order valence-corrected chi connectivity index (χ0v) is 7.72. The Morgan fingerprint density at radius 3 is 2.75 bits per heavy atom. The molecular weight excluding hydrogens is 170 g/mol. The maximum absolute atomic E-state index is 9.35. The molecule has 2 nitrogen and oxygen atoms in total. The molecule has 12 heavy (non-hydrogen) atoms. The lowest BCUT2D eigenvalue weighted by atomic mass is 10.2. The number of hydrogen-bond donors (Lipinski definition) is 3. The van der Waals surface area contributed by atoms with Gasteiger partial charge < -0.3 is 10.4 Å². The van der Waals surface area contributed by atoms with Gasteiger partial charge in [-0.05, 0) is 6.07 Å². The molecule has 0 aliphatic heterocycles. The third-order valence-corrected chi connectivity index (χ3v) is 1.82. The van der Waals surface area contributed by atoms with Gasteiger partial charge in [-0.3, -0.25) is 0 Å². The molecule has 1 aromatic carbocycles. The van der Waals surface area contributed by atoms with E-state index in [1.165, 1.54) is 0 Å². The van der Waals surface area contributed by atoms with E-state index in [9.17, 15) is 5.11 Å². The van der Waals surface area contributed by atoms with Crippen molar-refractivity contribution in [3.05, 3.63) is 29.8 Å². The summed E-state index contributed by atoms with van der Waals surface area (Å²) in [6, 6.07) is 7.33. The molecule has 2 N–H and O–H groups in total. The van der Waals surface area contributed by atoms with Crippen LogP contribution < -0.4 is 5.32 Å². The number of phenols is 1. The van der Waals surface area contributed by atoms with Crippen molar-refractivity contribution in [2.45, 2.75) is 6.54 Å². The summed E-state index contributed by atoms with van der Waals surface area (Å²) in [5, 5.41) is 12.5. The summed E-state index contributed by atoms with van der Waals surface area (Å²) in [5.41, 5.74) is 0.930. The molecule has 0 atom stereocenters. The van der Waals surface area contributed by atoms with Crippen LogP contribution in [0.1, 0.15) is 5.56 Å². The molecule has 1 aromatic rings. The normalized spacial score (nSPS) is 10.1. The van der Waals surface area contributed by atoms with Crippen LogP contribution in [0.15, 0.2) is 24.3 Å². The van der Waals surface area contributed by atoms with Crippen molar-refractivity contribution in [2.75, 3.05) is 12.3 Å². The highest BCUT2D eigenvalue weighted by Gasteiger charge is 1.96. The van der Waals surface area contributed by atoms with Gasteiger partial charge in [0.25, 0.3) is 0 Å². The van der Waals surface area contributed by atoms with Crippen molar-refractivity contribution in [3.63, 3.8) is 0 Å². The standard InChI is InChI=1S/C9H13NOS/c11-9-4-2-1-3-8(9)7-10-5-6-12/h1-4,10-12H,5-7H2. The number of hydrogen-bond acceptors (Lipinski definition) is 3. The van der Waals surface area contributed by atoms with Crippen LogP contribution in [0.4, 0.5) is 0 Å². The average molecular weight is 183 g/mol. The lowest BCUT2D eigenvalue weighted by molar-refractivity contribution is 0.465. The molecule has 0 bridgehead atoms. The van der Waals surface area contributed by atoms with Crippen molar-refractivity contribution < 1.29 is 5.11 Å². The lowest BCUT2D eigenvalue weighted by Gasteiger charge is -2.04. The summed E-state index contributed by atoms with van der Waals surface area (Å²) in [5.74, 6) is 1.16. The first-order chi connectivity index (χ1) is 5.84. The SMILES string of the molecule is Oc1ccccc1CNCCS. The van der Waals surface area contributed by atoms with Gasteiger partial charge in [0.2, 0.25) is 0 Å². The third kappa shape index (κ3) is 2.75. The monoisotopic (exact) mass is 183 g/mol. The Morgan fingerprint density at radius 1 is 1.33 bits per heavy atom. The van der Waals surface area contributed by atoms with Gasteiger partial charge in [0.15, 0.2) is 0 Å². The fourth-order valence-electron chi connectivity index (χ4n) is 0.962. The minimum absolute atomic E-state index is 0.351. The zero-order chi connectivity index (χ0) is 8.81. The maximum atomic E-state index is 9.35. The molecule has 0 heterocycles. The summed E-state index contributed by atoms with van der Waals surface area (Å²) in [4.78, 5) is 0. The Labute approximate surface area is 78.0 Å². The Morgan fingerprint density at radius 2 is 2.08 bits per heavy atom. The maximum Gasteiger partial charge on any atom is 0.120 e. The Balaban J connectivity index is 2.46. The average Bonchev–Trinajstić information content (AvgIpc) is 2.09. The van der Waals surface area contributed by atoms with Gasteiger partial charge in [-0.1, -0.05) is 18.2 Å². The highest BCUT2D eigenvalue weighted by molar-refractivity contribution is 7.80. The number of para-hydroxylation sites is 1. The molecule has 0 amide bonds. The first-order valence-electron chi connectivity index (χ1n) is 3.93. The van der Waals surface area contributed by atoms with Crippen LogP contribution >= 0.6 is 12.6 Å². The molecule has 3 heteroatoms. The minimum atomic E-state index is 0.351. The summed E-state index contributed by atoms with van der Waals surface area (Å²) in [7, 11) is 0. The number of benzene rings is 1. The van der Waals surface area contributed by atoms with Crippen LogP contribution in [0.2, 0.25) is 0 Å². The predicted octanol–water partition coefficient (Wildman–Crippen LogP) is 1.41. The molecule has 66 valence electrons. The lowest BCUT2D eigenvalue weighted by Crippen LogP contribution is -2.15. The van der Waals surface area contributed by atoms with Gasteiger partial charge >= 0.3 is 0 Å². The van der Waals surface area contributed by atoms with Gasteiger partial charge in [-0.15, -0.1) is 0 Å². The number of phenolic OH excluding ortho intramolecular Hbond substituents is 1. The molecule has 0 unspecified atom stereocenters. The van der Waals surface area contributed by atoms with E-state index in [0.29, 0.717) is 12.3 Å². The van der Waals surface area contributed by atoms with Crippen molar-refractivity contribution in [2.24, 2.45) is 0 Å². The first-order valence-corrected chi connectivity index (χ1v) is 4.56. The zero-order valence-electron chi connectivity index (χ0n) is 6.83. The largest absolute Gasteiger partial charge is 0.508 e. The van der Waals surface area contributed by atoms with E-state index < -0.39 is 0 Å². The first kappa shape index (κ1) is 9.42. The summed E-state index contributed by atoms with van der Waals surface area (Å²) in [6.07, 6.45) is 0. The second-order valence-corrected chi connectivity index (χ2v) is 2.98. The van der Waals surface area contributed by atoms with Crippen molar-refractivity contribution in [3.8, 4) is 5.75 Å². The van der Waals surface area contributed by atoms with E-state index in [0.717, 1.165) is 17.9 Å². The minimum Gasteiger partial charge on any atom is -0.508 e. The summed E-state index contributed by atoms with van der Waals surface area (Å²) < 4.78 is 0. The topological polar surface area (TPSA) is 32.3 Å². The molecule has 0 aromatic heterocycles. The second-order valence-electron chi connectivity index (χ2n) is 2.53. The quantitative estimate of drug-likeness (QED) is 0.487. The molecule has 0 radical (unpaired) electrons. The van der Waals surface area contributed by atoms with E-state index in [4.69, 9.17) is 0 Å². The van der Waals surface area contributed by atoms with Gasteiger partial charge in [0.1, 0.15) is 5.75 Å². The van der Waals surface area contributed by atoms with E-state index in [-0.39, 0.29) is 0 Å². The number of nitrogens with one attached hydrogen (secondary N) is 1. The van der Waals surface area contributed by atoms with Crippen LogP contribution in [0.25, 0.3) is 0 Å². The fraction of sp³-hybridized carbons (Fsp3) is 0.333. The highest BCUT2D eigenvalue weighted by Crippen LogP contribution is 2.14. The Hall–Kier alpha value is -0.670. The van der Waals surface area contributed by atoms with E-state index >= 15 is 0 Å². The van der Waals surface area contributed by atoms with Crippen LogP contribution in [0, 0.1) is 0 Å². The molecule has 0 aliphatic rings. The van der Waals surface area contributed by atoms with E-state index in [1.54, 1.807) is 6.07 Å². The summed E-state index contributed by atoms with van der Waals surface area (Å²) >= 11 is 4.07. The Bertz CT molecular complexity index is 240. The molecule has 0 fully saturated rings. The van der Waals surface area contributed by atoms with Crippen LogP contribution in [0.3, 0.4) is 0 Å². The molecule has 0 saturated carbocycles. The van der Waals surface area contributed by atoms with Crippen molar-refractivity contribution in [1.82, 2.24) is 5.32 Å². The third-order valence-electron chi connectivity index (χ3n) is 1.60. The molecular formula is C9H13NOS. The highest BCUT2D eigenvalue weighted by atomic mass is 32.1. The predicted molar refractivity (Wildman–Crippen MR) is 53.7 cm³/mol. The molecule has 1 rings (SSSR count). The van der Waals surface area contributed by atoms with Gasteiger partial charge in [-0.2, -0.15) is 12.6 Å². The van der Waals surface area contributed by atoms with E-state index in [1.807, 2.05) is 18.2 Å². The van der Waals surface area contributed by atoms with E-state index in [2.05, 4.69) is 17.9 Å². The fourth-order valence-corrected chi connectivity index (χ4v) is 1.12. The van der Waals surface area contributed by atoms with Crippen molar-refractivity contribution in [1.29, 1.82) is 0 Å². The Kier molecular flexibility index (Phi) is 3.97. The smallest absolute Gasteiger partial charge is 0.120 e. The van der Waals surface area contributed by atoms with Crippen LogP contribution in [-0.2, 0) is 6.54 Å². The number of rotatable bonds is 4.